The first-order chi connectivity index (χ1) is 17.7. The van der Waals surface area contributed by atoms with Gasteiger partial charge in [-0.25, -0.2) is 0 Å². The van der Waals surface area contributed by atoms with Crippen molar-refractivity contribution in [3.8, 4) is 0 Å². The molecular weight excluding hydrogens is 432 g/mol. The minimum Gasteiger partial charge on any atom is -0.0654 e. The minimum atomic E-state index is 1.32. The number of hydrogen-bond donors (Lipinski definition) is 0. The molecule has 0 aliphatic carbocycles. The Morgan fingerprint density at radius 2 is 0.583 bits per heavy atom. The lowest BCUT2D eigenvalue weighted by atomic mass is 9.81. The molecule has 0 amide bonds. The van der Waals surface area contributed by atoms with E-state index in [0.717, 1.165) is 0 Å². The van der Waals surface area contributed by atoms with Crippen LogP contribution in [0, 0.1) is 0 Å². The highest BCUT2D eigenvalue weighted by atomic mass is 14.2. The third-order valence-electron chi connectivity index (χ3n) is 8.29. The average Bonchev–Trinajstić information content (AvgIpc) is 2.89. The molecule has 1 aromatic carbocycles. The van der Waals surface area contributed by atoms with E-state index in [1.807, 2.05) is 16.7 Å². The second-order valence-corrected chi connectivity index (χ2v) is 11.7. The molecule has 0 aromatic heterocycles. The number of benzene rings is 1. The topological polar surface area (TPSA) is 0 Å². The maximum absolute atomic E-state index is 2.75. The van der Waals surface area contributed by atoms with Crippen LogP contribution in [0.25, 0.3) is 0 Å². The van der Waals surface area contributed by atoms with Crippen molar-refractivity contribution in [3.63, 3.8) is 0 Å². The summed E-state index contributed by atoms with van der Waals surface area (Å²) in [4.78, 5) is 0. The Morgan fingerprint density at radius 3 is 0.889 bits per heavy atom. The van der Waals surface area contributed by atoms with Crippen LogP contribution in [0.1, 0.15) is 191 Å². The molecule has 210 valence electrons. The van der Waals surface area contributed by atoms with Gasteiger partial charge in [0.15, 0.2) is 0 Å². The molecule has 0 unspecified atom stereocenters. The van der Waals surface area contributed by atoms with E-state index in [0.29, 0.717) is 0 Å². The summed E-state index contributed by atoms with van der Waals surface area (Å²) < 4.78 is 0. The van der Waals surface area contributed by atoms with E-state index >= 15 is 0 Å². The third-order valence-corrected chi connectivity index (χ3v) is 8.29. The number of hydrogen-bond acceptors (Lipinski definition) is 0. The van der Waals surface area contributed by atoms with E-state index in [-0.39, 0.29) is 0 Å². The smallest absolute Gasteiger partial charge is 0.0273 e. The maximum Gasteiger partial charge on any atom is -0.0273 e. The van der Waals surface area contributed by atoms with Gasteiger partial charge in [0.1, 0.15) is 0 Å². The lowest BCUT2D eigenvalue weighted by molar-refractivity contribution is 0.624. The maximum atomic E-state index is 2.75. The second-order valence-electron chi connectivity index (χ2n) is 11.7. The Morgan fingerprint density at radius 1 is 0.306 bits per heavy atom. The zero-order valence-corrected chi connectivity index (χ0v) is 25.8. The van der Waals surface area contributed by atoms with Gasteiger partial charge in [-0.1, -0.05) is 137 Å². The molecule has 1 rings (SSSR count). The quantitative estimate of drug-likeness (QED) is 0.118. The summed E-state index contributed by atoms with van der Waals surface area (Å²) in [5, 5.41) is 0. The predicted molar refractivity (Wildman–Crippen MR) is 166 cm³/mol. The Bertz CT molecular complexity index is 579. The molecule has 1 aromatic rings. The van der Waals surface area contributed by atoms with Crippen LogP contribution in [0.15, 0.2) is 6.07 Å². The van der Waals surface area contributed by atoms with Crippen LogP contribution in [0.5, 0.6) is 0 Å². The van der Waals surface area contributed by atoms with Crippen molar-refractivity contribution in [2.45, 2.75) is 195 Å². The molecule has 0 saturated carbocycles. The molecular formula is C36H66. The summed E-state index contributed by atoms with van der Waals surface area (Å²) in [5.41, 5.74) is 9.01. The predicted octanol–water partition coefficient (Wildman–Crippen LogP) is 12.3. The highest BCUT2D eigenvalue weighted by Crippen LogP contribution is 2.31. The number of unbranched alkanes of at least 4 members (excludes halogenated alkanes) is 15. The summed E-state index contributed by atoms with van der Waals surface area (Å²) in [6.45, 7) is 11.7. The molecule has 0 aliphatic rings. The lowest BCUT2D eigenvalue weighted by Crippen LogP contribution is -2.10. The molecule has 0 aliphatic heterocycles. The van der Waals surface area contributed by atoms with Crippen molar-refractivity contribution in [3.05, 3.63) is 33.9 Å². The lowest BCUT2D eigenvalue weighted by Gasteiger charge is -2.24. The molecule has 0 atom stereocenters. The SMILES string of the molecule is CCCCCCc1cc(CCCCCC)c(CCCCCC)c(CCCCCC)c1CCCCCC. The summed E-state index contributed by atoms with van der Waals surface area (Å²) in [7, 11) is 0. The second kappa shape index (κ2) is 23.3. The van der Waals surface area contributed by atoms with E-state index in [9.17, 15) is 0 Å². The van der Waals surface area contributed by atoms with Crippen LogP contribution in [-0.2, 0) is 32.1 Å². The summed E-state index contributed by atoms with van der Waals surface area (Å²) >= 11 is 0. The van der Waals surface area contributed by atoms with Crippen LogP contribution in [0.2, 0.25) is 0 Å². The van der Waals surface area contributed by atoms with Gasteiger partial charge in [-0.15, -0.1) is 0 Å². The fourth-order valence-electron chi connectivity index (χ4n) is 6.00. The van der Waals surface area contributed by atoms with Gasteiger partial charge in [0.25, 0.3) is 0 Å². The summed E-state index contributed by atoms with van der Waals surface area (Å²) in [6.07, 6.45) is 34.3. The minimum absolute atomic E-state index is 1.32. The van der Waals surface area contributed by atoms with Gasteiger partial charge in [-0.05, 0) is 92.0 Å². The number of rotatable bonds is 25. The van der Waals surface area contributed by atoms with Crippen LogP contribution in [-0.4, -0.2) is 0 Å². The van der Waals surface area contributed by atoms with Gasteiger partial charge in [0.2, 0.25) is 0 Å². The largest absolute Gasteiger partial charge is 0.0654 e. The standard InChI is InChI=1S/C36H66/c1-6-11-16-21-26-32-31-33(27-22-17-12-7-2)35(29-24-19-14-9-4)36(30-25-20-15-10-5)34(32)28-23-18-13-8-3/h31H,6-30H2,1-5H3. The van der Waals surface area contributed by atoms with Crippen molar-refractivity contribution >= 4 is 0 Å². The van der Waals surface area contributed by atoms with Gasteiger partial charge < -0.3 is 0 Å². The van der Waals surface area contributed by atoms with Crippen LogP contribution in [0.3, 0.4) is 0 Å². The summed E-state index contributed by atoms with van der Waals surface area (Å²) in [5.74, 6) is 0. The zero-order valence-electron chi connectivity index (χ0n) is 25.8. The van der Waals surface area contributed by atoms with Crippen LogP contribution in [0.4, 0.5) is 0 Å². The first-order valence-corrected chi connectivity index (χ1v) is 16.9. The molecule has 0 fully saturated rings. The van der Waals surface area contributed by atoms with Crippen molar-refractivity contribution in [1.82, 2.24) is 0 Å². The monoisotopic (exact) mass is 499 g/mol. The van der Waals surface area contributed by atoms with Gasteiger partial charge in [-0.3, -0.25) is 0 Å². The normalized spacial score (nSPS) is 11.5. The Hall–Kier alpha value is -0.780. The van der Waals surface area contributed by atoms with Crippen molar-refractivity contribution in [1.29, 1.82) is 0 Å². The molecule has 36 heavy (non-hydrogen) atoms. The van der Waals surface area contributed by atoms with Crippen LogP contribution >= 0.6 is 0 Å². The van der Waals surface area contributed by atoms with Gasteiger partial charge in [0.05, 0.1) is 0 Å². The zero-order chi connectivity index (χ0) is 26.3. The molecule has 0 radical (unpaired) electrons. The Kier molecular flexibility index (Phi) is 21.6. The van der Waals surface area contributed by atoms with Crippen molar-refractivity contribution < 1.29 is 0 Å². The first kappa shape index (κ1) is 33.2. The third kappa shape index (κ3) is 14.2. The van der Waals surface area contributed by atoms with E-state index in [1.54, 1.807) is 11.1 Å². The number of aryl methyl sites for hydroxylation is 2. The van der Waals surface area contributed by atoms with E-state index in [4.69, 9.17) is 0 Å². The fraction of sp³-hybridized carbons (Fsp3) is 0.833. The highest BCUT2D eigenvalue weighted by molar-refractivity contribution is 5.47. The van der Waals surface area contributed by atoms with E-state index in [1.165, 1.54) is 161 Å². The highest BCUT2D eigenvalue weighted by Gasteiger charge is 2.18. The van der Waals surface area contributed by atoms with Gasteiger partial charge in [-0.2, -0.15) is 0 Å². The summed E-state index contributed by atoms with van der Waals surface area (Å²) in [6, 6.07) is 2.75. The molecule has 0 bridgehead atoms. The molecule has 0 heterocycles. The molecule has 0 nitrogen and oxygen atoms in total. The van der Waals surface area contributed by atoms with E-state index < -0.39 is 0 Å². The fourth-order valence-corrected chi connectivity index (χ4v) is 6.00. The van der Waals surface area contributed by atoms with Gasteiger partial charge >= 0.3 is 0 Å². The van der Waals surface area contributed by atoms with Crippen molar-refractivity contribution in [2.24, 2.45) is 0 Å². The van der Waals surface area contributed by atoms with Crippen LogP contribution < -0.4 is 0 Å². The van der Waals surface area contributed by atoms with Gasteiger partial charge in [0, 0.05) is 0 Å². The molecule has 0 spiro atoms. The first-order valence-electron chi connectivity index (χ1n) is 16.9. The van der Waals surface area contributed by atoms with Crippen molar-refractivity contribution in [2.75, 3.05) is 0 Å². The Balaban J connectivity index is 3.35. The Labute approximate surface area is 228 Å². The molecule has 0 N–H and O–H groups in total. The molecule has 0 saturated heterocycles. The average molecular weight is 499 g/mol. The molecule has 0 heteroatoms. The van der Waals surface area contributed by atoms with E-state index in [2.05, 4.69) is 40.7 Å².